The average molecular weight is 510 g/mol. The molecule has 34 heavy (non-hydrogen) atoms. The molecular formula is C24H32ClN3O5S. The van der Waals surface area contributed by atoms with Crippen LogP contribution in [0.15, 0.2) is 47.4 Å². The third-order valence-electron chi connectivity index (χ3n) is 5.84. The topological polar surface area (TPSA) is 99.2 Å². The highest BCUT2D eigenvalue weighted by molar-refractivity contribution is 7.92. The molecule has 1 amide bonds. The minimum Gasteiger partial charge on any atom is -0.488 e. The van der Waals surface area contributed by atoms with Crippen molar-refractivity contribution in [3.63, 3.8) is 0 Å². The van der Waals surface area contributed by atoms with Gasteiger partial charge in [0.05, 0.1) is 24.0 Å². The number of fused-ring (bicyclic) bond motifs is 1. The molecule has 0 fully saturated rings. The number of nitrogens with one attached hydrogen (secondary N) is 1. The Balaban J connectivity index is 1.97. The molecule has 3 atom stereocenters. The molecule has 0 aliphatic carbocycles. The summed E-state index contributed by atoms with van der Waals surface area (Å²) in [6, 6.07) is 10.5. The standard InChI is InChI=1S/C24H32ClN3O5S/c1-16-13-28(17(2)15-29)24(30)12-18-11-20(7-10-22(18)33-23(16)14-27(3)4)26-34(31,32)21-8-5-19(25)6-9-21/h5-11,16-17,23,26,29H,12-15H2,1-4H3/t16-,17-,23+/m1/s1. The summed E-state index contributed by atoms with van der Waals surface area (Å²) in [6.45, 7) is 4.77. The Morgan fingerprint density at radius 3 is 2.53 bits per heavy atom. The summed E-state index contributed by atoms with van der Waals surface area (Å²) in [5.41, 5.74) is 0.901. The Labute approximate surface area is 206 Å². The van der Waals surface area contributed by atoms with Crippen LogP contribution >= 0.6 is 11.6 Å². The maximum Gasteiger partial charge on any atom is 0.261 e. The van der Waals surface area contributed by atoms with Crippen LogP contribution in [0.1, 0.15) is 19.4 Å². The molecule has 0 aromatic heterocycles. The van der Waals surface area contributed by atoms with Crippen LogP contribution in [0, 0.1) is 5.92 Å². The lowest BCUT2D eigenvalue weighted by atomic mass is 10.0. The van der Waals surface area contributed by atoms with Crippen molar-refractivity contribution in [1.29, 1.82) is 0 Å². The molecule has 2 aromatic carbocycles. The van der Waals surface area contributed by atoms with Gasteiger partial charge in [-0.1, -0.05) is 18.5 Å². The van der Waals surface area contributed by atoms with Gasteiger partial charge in [-0.3, -0.25) is 9.52 Å². The Hall–Kier alpha value is -2.33. The molecule has 0 saturated carbocycles. The molecule has 8 nitrogen and oxygen atoms in total. The maximum absolute atomic E-state index is 13.2. The highest BCUT2D eigenvalue weighted by Gasteiger charge is 2.31. The molecule has 0 spiro atoms. The number of aliphatic hydroxyl groups excluding tert-OH is 1. The molecule has 3 rings (SSSR count). The number of likely N-dealkylation sites (N-methyl/N-ethyl adjacent to an activating group) is 1. The van der Waals surface area contributed by atoms with Crippen molar-refractivity contribution in [1.82, 2.24) is 9.80 Å². The minimum atomic E-state index is -3.84. The van der Waals surface area contributed by atoms with Crippen molar-refractivity contribution in [3.05, 3.63) is 53.1 Å². The van der Waals surface area contributed by atoms with Gasteiger partial charge in [0.25, 0.3) is 10.0 Å². The van der Waals surface area contributed by atoms with E-state index in [1.165, 1.54) is 24.3 Å². The van der Waals surface area contributed by atoms with E-state index in [-0.39, 0.29) is 41.9 Å². The quantitative estimate of drug-likeness (QED) is 0.595. The molecule has 2 aromatic rings. The first-order valence-corrected chi connectivity index (χ1v) is 13.0. The fourth-order valence-electron chi connectivity index (χ4n) is 3.90. The molecular weight excluding hydrogens is 478 g/mol. The predicted octanol–water partition coefficient (Wildman–Crippen LogP) is 2.85. The van der Waals surface area contributed by atoms with Crippen molar-refractivity contribution < 1.29 is 23.1 Å². The summed E-state index contributed by atoms with van der Waals surface area (Å²) in [5.74, 6) is 0.399. The van der Waals surface area contributed by atoms with Gasteiger partial charge in [-0.05, 0) is 63.5 Å². The van der Waals surface area contributed by atoms with E-state index in [1.54, 1.807) is 23.1 Å². The van der Waals surface area contributed by atoms with Crippen LogP contribution in [0.4, 0.5) is 5.69 Å². The van der Waals surface area contributed by atoms with E-state index >= 15 is 0 Å². The van der Waals surface area contributed by atoms with Gasteiger partial charge in [-0.25, -0.2) is 8.42 Å². The van der Waals surface area contributed by atoms with Gasteiger partial charge in [0, 0.05) is 35.3 Å². The zero-order valence-electron chi connectivity index (χ0n) is 19.9. The summed E-state index contributed by atoms with van der Waals surface area (Å²) in [7, 11) is 0.0700. The van der Waals surface area contributed by atoms with Crippen LogP contribution in [-0.4, -0.2) is 75.2 Å². The lowest BCUT2D eigenvalue weighted by Crippen LogP contribution is -2.47. The minimum absolute atomic E-state index is 0.00869. The maximum atomic E-state index is 13.2. The normalized spacial score (nSPS) is 20.1. The van der Waals surface area contributed by atoms with Crippen molar-refractivity contribution >= 4 is 33.2 Å². The number of amides is 1. The van der Waals surface area contributed by atoms with Crippen LogP contribution in [0.5, 0.6) is 5.75 Å². The van der Waals surface area contributed by atoms with Gasteiger partial charge in [-0.2, -0.15) is 0 Å². The van der Waals surface area contributed by atoms with Crippen LogP contribution in [-0.2, 0) is 21.2 Å². The predicted molar refractivity (Wildman–Crippen MR) is 133 cm³/mol. The monoisotopic (exact) mass is 509 g/mol. The zero-order valence-corrected chi connectivity index (χ0v) is 21.4. The van der Waals surface area contributed by atoms with E-state index in [1.807, 2.05) is 32.8 Å². The summed E-state index contributed by atoms with van der Waals surface area (Å²) in [6.07, 6.45) is -0.179. The number of carbonyl (C=O) groups is 1. The third-order valence-corrected chi connectivity index (χ3v) is 7.49. The fraction of sp³-hybridized carbons (Fsp3) is 0.458. The van der Waals surface area contributed by atoms with E-state index < -0.39 is 10.0 Å². The number of hydrogen-bond donors (Lipinski definition) is 2. The second-order valence-electron chi connectivity index (χ2n) is 9.03. The number of hydrogen-bond acceptors (Lipinski definition) is 6. The largest absolute Gasteiger partial charge is 0.488 e. The number of rotatable bonds is 7. The first-order chi connectivity index (χ1) is 16.0. The van der Waals surface area contributed by atoms with Crippen LogP contribution in [0.3, 0.4) is 0 Å². The van der Waals surface area contributed by atoms with Crippen molar-refractivity contribution in [3.8, 4) is 5.75 Å². The Morgan fingerprint density at radius 2 is 1.91 bits per heavy atom. The number of anilines is 1. The number of nitrogens with zero attached hydrogens (tertiary/aromatic N) is 2. The highest BCUT2D eigenvalue weighted by atomic mass is 35.5. The molecule has 186 valence electrons. The Kier molecular flexibility index (Phi) is 8.46. The number of carbonyl (C=O) groups excluding carboxylic acids is 1. The van der Waals surface area contributed by atoms with E-state index in [9.17, 15) is 18.3 Å². The van der Waals surface area contributed by atoms with Gasteiger partial charge in [0.15, 0.2) is 0 Å². The molecule has 1 heterocycles. The number of aliphatic hydroxyl groups is 1. The van der Waals surface area contributed by atoms with Crippen molar-refractivity contribution in [2.75, 3.05) is 38.5 Å². The number of benzene rings is 2. The lowest BCUT2D eigenvalue weighted by molar-refractivity contribution is -0.134. The van der Waals surface area contributed by atoms with Crippen molar-refractivity contribution in [2.24, 2.45) is 5.92 Å². The van der Waals surface area contributed by atoms with Crippen LogP contribution < -0.4 is 9.46 Å². The van der Waals surface area contributed by atoms with Crippen molar-refractivity contribution in [2.45, 2.75) is 37.3 Å². The lowest BCUT2D eigenvalue weighted by Gasteiger charge is -2.33. The molecule has 1 aliphatic heterocycles. The van der Waals surface area contributed by atoms with Gasteiger partial charge in [0.1, 0.15) is 11.9 Å². The van der Waals surface area contributed by atoms with Gasteiger partial charge < -0.3 is 19.6 Å². The number of sulfonamides is 1. The molecule has 0 unspecified atom stereocenters. The summed E-state index contributed by atoms with van der Waals surface area (Å²) < 4.78 is 34.6. The second-order valence-corrected chi connectivity index (χ2v) is 11.2. The van der Waals surface area contributed by atoms with E-state index in [0.29, 0.717) is 35.1 Å². The summed E-state index contributed by atoms with van der Waals surface area (Å²) in [4.78, 5) is 17.0. The van der Waals surface area contributed by atoms with Gasteiger partial charge in [-0.15, -0.1) is 0 Å². The van der Waals surface area contributed by atoms with Gasteiger partial charge >= 0.3 is 0 Å². The van der Waals surface area contributed by atoms with Crippen LogP contribution in [0.25, 0.3) is 0 Å². The molecule has 2 N–H and O–H groups in total. The number of ether oxygens (including phenoxy) is 1. The molecule has 10 heteroatoms. The van der Waals surface area contributed by atoms with Crippen LogP contribution in [0.2, 0.25) is 5.02 Å². The zero-order chi connectivity index (χ0) is 25.0. The average Bonchev–Trinajstić information content (AvgIpc) is 2.81. The SMILES string of the molecule is C[C@@H]1CN([C@H](C)CO)C(=O)Cc2cc(NS(=O)(=O)c3ccc(Cl)cc3)ccc2O[C@H]1CN(C)C. The first kappa shape index (κ1) is 26.3. The highest BCUT2D eigenvalue weighted by Crippen LogP contribution is 2.30. The van der Waals surface area contributed by atoms with Gasteiger partial charge in [0.2, 0.25) is 5.91 Å². The fourth-order valence-corrected chi connectivity index (χ4v) is 5.07. The van der Waals surface area contributed by atoms with E-state index in [4.69, 9.17) is 16.3 Å². The third kappa shape index (κ3) is 6.41. The summed E-state index contributed by atoms with van der Waals surface area (Å²) in [5, 5.41) is 10.1. The second kappa shape index (κ2) is 10.9. The Bertz CT molecular complexity index is 1110. The molecule has 0 radical (unpaired) electrons. The molecule has 0 saturated heterocycles. The Morgan fingerprint density at radius 1 is 1.24 bits per heavy atom. The number of halogens is 1. The molecule has 1 aliphatic rings. The van der Waals surface area contributed by atoms with E-state index in [2.05, 4.69) is 4.72 Å². The first-order valence-electron chi connectivity index (χ1n) is 11.1. The summed E-state index contributed by atoms with van der Waals surface area (Å²) >= 11 is 5.87. The molecule has 0 bridgehead atoms. The smallest absolute Gasteiger partial charge is 0.261 e. The van der Waals surface area contributed by atoms with E-state index in [0.717, 1.165) is 0 Å².